The maximum atomic E-state index is 6.27. The van der Waals surface area contributed by atoms with Crippen molar-refractivity contribution in [2.45, 2.75) is 0 Å². The van der Waals surface area contributed by atoms with Crippen LogP contribution in [-0.4, -0.2) is 4.98 Å². The third kappa shape index (κ3) is 4.38. The summed E-state index contributed by atoms with van der Waals surface area (Å²) < 4.78 is 8.85. The Morgan fingerprint density at radius 2 is 1.16 bits per heavy atom. The van der Waals surface area contributed by atoms with Gasteiger partial charge in [-0.05, 0) is 71.6 Å². The molecule has 9 aromatic rings. The van der Waals surface area contributed by atoms with Gasteiger partial charge in [0.25, 0.3) is 0 Å². The number of hydrogen-bond acceptors (Lipinski definition) is 4. The number of rotatable bonds is 5. The number of fused-ring (bicyclic) bond motifs is 6. The molecular weight excluding hydrogens is 569 g/mol. The third-order valence-corrected chi connectivity index (χ3v) is 9.64. The van der Waals surface area contributed by atoms with Gasteiger partial charge < -0.3 is 9.32 Å². The molecule has 0 fully saturated rings. The Kier molecular flexibility index (Phi) is 6.00. The zero-order chi connectivity index (χ0) is 29.7. The molecule has 0 saturated heterocycles. The topological polar surface area (TPSA) is 29.3 Å². The van der Waals surface area contributed by atoms with Crippen LogP contribution >= 0.6 is 11.3 Å². The highest BCUT2D eigenvalue weighted by atomic mass is 32.1. The smallest absolute Gasteiger partial charge is 0.227 e. The maximum Gasteiger partial charge on any atom is 0.227 e. The molecule has 4 heteroatoms. The first-order valence-electron chi connectivity index (χ1n) is 15.0. The van der Waals surface area contributed by atoms with Crippen LogP contribution in [0.2, 0.25) is 0 Å². The molecule has 7 aromatic carbocycles. The Balaban J connectivity index is 1.29. The van der Waals surface area contributed by atoms with E-state index in [1.807, 2.05) is 47.7 Å². The quantitative estimate of drug-likeness (QED) is 0.198. The Labute approximate surface area is 264 Å². The molecule has 0 spiro atoms. The van der Waals surface area contributed by atoms with Crippen molar-refractivity contribution in [2.24, 2.45) is 0 Å². The number of hydrogen-bond donors (Lipinski definition) is 0. The number of aromatic nitrogens is 1. The summed E-state index contributed by atoms with van der Waals surface area (Å²) in [5, 5.41) is 4.73. The van der Waals surface area contributed by atoms with Gasteiger partial charge in [0.15, 0.2) is 5.58 Å². The van der Waals surface area contributed by atoms with E-state index in [1.165, 1.54) is 31.3 Å². The SMILES string of the molecule is c1ccc(-c2nc3c(ccc4ccc(N(c5ccc6sc7ccccc7c6c5)c5ccccc5-c5ccccc5)cc43)o2)cc1. The van der Waals surface area contributed by atoms with E-state index < -0.39 is 0 Å². The van der Waals surface area contributed by atoms with Gasteiger partial charge in [-0.1, -0.05) is 97.1 Å². The third-order valence-electron chi connectivity index (χ3n) is 8.49. The predicted octanol–water partition coefficient (Wildman–Crippen LogP) is 12.2. The molecule has 0 N–H and O–H groups in total. The van der Waals surface area contributed by atoms with Gasteiger partial charge in [0.05, 0.1) is 5.69 Å². The maximum absolute atomic E-state index is 6.27. The number of anilines is 3. The molecule has 3 nitrogen and oxygen atoms in total. The van der Waals surface area contributed by atoms with Crippen LogP contribution in [0.3, 0.4) is 0 Å². The van der Waals surface area contributed by atoms with Crippen LogP contribution in [0, 0.1) is 0 Å². The first kappa shape index (κ1) is 25.8. The van der Waals surface area contributed by atoms with Gasteiger partial charge in [0.2, 0.25) is 5.89 Å². The molecule has 0 unspecified atom stereocenters. The molecular formula is C41H26N2OS. The molecule has 0 aliphatic carbocycles. The minimum Gasteiger partial charge on any atom is -0.436 e. The van der Waals surface area contributed by atoms with Crippen LogP contribution in [0.4, 0.5) is 17.1 Å². The fourth-order valence-corrected chi connectivity index (χ4v) is 7.44. The van der Waals surface area contributed by atoms with Crippen LogP contribution in [0.15, 0.2) is 162 Å². The Bertz CT molecular complexity index is 2500. The molecule has 212 valence electrons. The summed E-state index contributed by atoms with van der Waals surface area (Å²) in [5.74, 6) is 0.629. The number of para-hydroxylation sites is 1. The molecule has 0 aliphatic heterocycles. The average molecular weight is 595 g/mol. The highest BCUT2D eigenvalue weighted by Gasteiger charge is 2.20. The van der Waals surface area contributed by atoms with Gasteiger partial charge in [-0.3, -0.25) is 0 Å². The van der Waals surface area contributed by atoms with Gasteiger partial charge >= 0.3 is 0 Å². The van der Waals surface area contributed by atoms with E-state index in [9.17, 15) is 0 Å². The van der Waals surface area contributed by atoms with Crippen LogP contribution < -0.4 is 4.90 Å². The fourth-order valence-electron chi connectivity index (χ4n) is 6.35. The van der Waals surface area contributed by atoms with E-state index in [4.69, 9.17) is 9.40 Å². The van der Waals surface area contributed by atoms with Gasteiger partial charge in [0, 0.05) is 48.1 Å². The second-order valence-corrected chi connectivity index (χ2v) is 12.3. The Hall–Kier alpha value is -5.71. The van der Waals surface area contributed by atoms with Crippen molar-refractivity contribution in [1.82, 2.24) is 4.98 Å². The number of nitrogens with zero attached hydrogens (tertiary/aromatic N) is 2. The van der Waals surface area contributed by atoms with Gasteiger partial charge in [-0.2, -0.15) is 0 Å². The van der Waals surface area contributed by atoms with Crippen molar-refractivity contribution >= 4 is 70.4 Å². The molecule has 0 aliphatic rings. The number of thiophene rings is 1. The summed E-state index contributed by atoms with van der Waals surface area (Å²) in [6, 6.07) is 55.7. The zero-order valence-corrected chi connectivity index (χ0v) is 25.0. The average Bonchev–Trinajstić information content (AvgIpc) is 3.72. The Morgan fingerprint density at radius 3 is 2.00 bits per heavy atom. The molecule has 45 heavy (non-hydrogen) atoms. The van der Waals surface area contributed by atoms with Crippen LogP contribution in [-0.2, 0) is 0 Å². The molecule has 2 heterocycles. The van der Waals surface area contributed by atoms with Crippen molar-refractivity contribution in [3.8, 4) is 22.6 Å². The predicted molar refractivity (Wildman–Crippen MR) is 190 cm³/mol. The van der Waals surface area contributed by atoms with Crippen molar-refractivity contribution in [2.75, 3.05) is 4.90 Å². The monoisotopic (exact) mass is 594 g/mol. The summed E-state index contributed by atoms with van der Waals surface area (Å²) in [5.41, 5.74) is 8.22. The molecule has 0 radical (unpaired) electrons. The lowest BCUT2D eigenvalue weighted by atomic mass is 10.0. The number of oxazole rings is 1. The van der Waals surface area contributed by atoms with Crippen LogP contribution in [0.1, 0.15) is 0 Å². The lowest BCUT2D eigenvalue weighted by molar-refractivity contribution is 0.620. The van der Waals surface area contributed by atoms with E-state index in [1.54, 1.807) is 0 Å². The first-order chi connectivity index (χ1) is 22.3. The van der Waals surface area contributed by atoms with Crippen molar-refractivity contribution in [1.29, 1.82) is 0 Å². The first-order valence-corrected chi connectivity index (χ1v) is 15.9. The summed E-state index contributed by atoms with van der Waals surface area (Å²) >= 11 is 1.84. The second kappa shape index (κ2) is 10.5. The van der Waals surface area contributed by atoms with Gasteiger partial charge in [-0.15, -0.1) is 11.3 Å². The summed E-state index contributed by atoms with van der Waals surface area (Å²) in [6.07, 6.45) is 0. The van der Waals surface area contributed by atoms with E-state index in [0.29, 0.717) is 5.89 Å². The molecule has 9 rings (SSSR count). The van der Waals surface area contributed by atoms with Crippen molar-refractivity contribution < 1.29 is 4.42 Å². The highest BCUT2D eigenvalue weighted by Crippen LogP contribution is 2.44. The standard InChI is InChI=1S/C41H26N2OS/c1-3-11-27(12-4-1)32-15-7-9-17-36(32)43(31-22-24-39-35(26-31)33-16-8-10-18-38(33)45-39)30-21-19-28-20-23-37-40(34(28)25-30)42-41(44-37)29-13-5-2-6-14-29/h1-26H. The van der Waals surface area contributed by atoms with Gasteiger partial charge in [-0.25, -0.2) is 4.98 Å². The lowest BCUT2D eigenvalue weighted by Crippen LogP contribution is -2.11. The summed E-state index contributed by atoms with van der Waals surface area (Å²) in [6.45, 7) is 0. The zero-order valence-electron chi connectivity index (χ0n) is 24.2. The largest absolute Gasteiger partial charge is 0.436 e. The molecule has 0 atom stereocenters. The molecule has 0 bridgehead atoms. The molecule has 0 saturated carbocycles. The van der Waals surface area contributed by atoms with Crippen LogP contribution in [0.25, 0.3) is 64.6 Å². The van der Waals surface area contributed by atoms with Gasteiger partial charge in [0.1, 0.15) is 5.52 Å². The van der Waals surface area contributed by atoms with E-state index in [-0.39, 0.29) is 0 Å². The summed E-state index contributed by atoms with van der Waals surface area (Å²) in [7, 11) is 0. The fraction of sp³-hybridized carbons (Fsp3) is 0. The molecule has 2 aromatic heterocycles. The highest BCUT2D eigenvalue weighted by molar-refractivity contribution is 7.25. The Morgan fingerprint density at radius 1 is 0.511 bits per heavy atom. The minimum atomic E-state index is 0.629. The lowest BCUT2D eigenvalue weighted by Gasteiger charge is -2.28. The summed E-state index contributed by atoms with van der Waals surface area (Å²) in [4.78, 5) is 7.39. The van der Waals surface area contributed by atoms with E-state index >= 15 is 0 Å². The number of benzene rings is 7. The molecule has 0 amide bonds. The second-order valence-electron chi connectivity index (χ2n) is 11.2. The van der Waals surface area contributed by atoms with E-state index in [0.717, 1.165) is 44.5 Å². The van der Waals surface area contributed by atoms with Crippen molar-refractivity contribution in [3.63, 3.8) is 0 Å². The normalized spacial score (nSPS) is 11.6. The van der Waals surface area contributed by atoms with E-state index in [2.05, 4.69) is 126 Å². The minimum absolute atomic E-state index is 0.629. The van der Waals surface area contributed by atoms with Crippen molar-refractivity contribution in [3.05, 3.63) is 158 Å². The van der Waals surface area contributed by atoms with Crippen LogP contribution in [0.5, 0.6) is 0 Å².